The van der Waals surface area contributed by atoms with Gasteiger partial charge in [0.15, 0.2) is 0 Å². The van der Waals surface area contributed by atoms with Crippen molar-refractivity contribution in [1.82, 2.24) is 9.97 Å². The molecule has 1 saturated heterocycles. The van der Waals surface area contributed by atoms with Crippen LogP contribution in [0.15, 0.2) is 94.4 Å². The van der Waals surface area contributed by atoms with Gasteiger partial charge in [-0.3, -0.25) is 9.97 Å². The molecule has 0 amide bonds. The molecule has 1 spiro atoms. The molecule has 5 aromatic rings. The fourth-order valence-electron chi connectivity index (χ4n) is 6.90. The summed E-state index contributed by atoms with van der Waals surface area (Å²) in [5.74, 6) is 0. The van der Waals surface area contributed by atoms with Crippen molar-refractivity contribution in [2.24, 2.45) is 0 Å². The van der Waals surface area contributed by atoms with Gasteiger partial charge >= 0.3 is 218 Å². The molecule has 2 aliphatic rings. The van der Waals surface area contributed by atoms with E-state index in [1.807, 2.05) is 30.3 Å². The zero-order valence-electron chi connectivity index (χ0n) is 27.2. The van der Waals surface area contributed by atoms with Crippen LogP contribution in [-0.4, -0.2) is 27.2 Å². The van der Waals surface area contributed by atoms with Gasteiger partial charge in [-0.25, -0.2) is 0 Å². The second-order valence-electron chi connectivity index (χ2n) is 11.9. The van der Waals surface area contributed by atoms with Crippen LogP contribution in [0.4, 0.5) is 11.4 Å². The van der Waals surface area contributed by atoms with Crippen molar-refractivity contribution < 1.29 is 17.9 Å². The summed E-state index contributed by atoms with van der Waals surface area (Å²) in [7, 11) is 0. The van der Waals surface area contributed by atoms with Crippen LogP contribution in [0.5, 0.6) is 0 Å². The van der Waals surface area contributed by atoms with Gasteiger partial charge in [0.1, 0.15) is 0 Å². The predicted octanol–water partition coefficient (Wildman–Crippen LogP) is 10.8. The first-order valence-electron chi connectivity index (χ1n) is 15.2. The molecule has 0 atom stereocenters. The number of halogens is 4. The summed E-state index contributed by atoms with van der Waals surface area (Å²) in [6, 6.07) is 20.8. The molecular formula is C38H36Br2Cl2N4Ru. The average Bonchev–Trinajstić information content (AvgIpc) is 3.40. The Balaban J connectivity index is 0.000000254. The van der Waals surface area contributed by atoms with Crippen LogP contribution in [-0.2, 0) is 23.5 Å². The zero-order valence-corrected chi connectivity index (χ0v) is 33.6. The molecule has 0 bridgehead atoms. The first-order chi connectivity index (χ1) is 22.4. The molecule has 0 N–H and O–H groups in total. The van der Waals surface area contributed by atoms with Gasteiger partial charge in [0.25, 0.3) is 0 Å². The van der Waals surface area contributed by atoms with Crippen molar-refractivity contribution in [1.29, 1.82) is 0 Å². The number of anilines is 2. The van der Waals surface area contributed by atoms with Gasteiger partial charge in [-0.1, -0.05) is 0 Å². The molecular weight excluding hydrogens is 844 g/mol. The van der Waals surface area contributed by atoms with Crippen molar-refractivity contribution in [2.75, 3.05) is 22.9 Å². The van der Waals surface area contributed by atoms with E-state index in [2.05, 4.69) is 141 Å². The third-order valence-electron chi connectivity index (χ3n) is 8.36. The van der Waals surface area contributed by atoms with Gasteiger partial charge < -0.3 is 0 Å². The fraction of sp³-hybridized carbons (Fsp3) is 0.237. The number of benzene rings is 3. The number of hydrogen-bond donors (Lipinski definition) is 0. The van der Waals surface area contributed by atoms with Crippen molar-refractivity contribution in [3.63, 3.8) is 0 Å². The minimum absolute atomic E-state index is 0.483. The normalized spacial score (nSPS) is 14.1. The topological polar surface area (TPSA) is 32.3 Å². The Bertz CT molecular complexity index is 1790. The van der Waals surface area contributed by atoms with E-state index in [0.717, 1.165) is 27.6 Å². The Hall–Kier alpha value is -2.41. The maximum atomic E-state index is 6.98. The van der Waals surface area contributed by atoms with Crippen molar-refractivity contribution in [3.05, 3.63) is 149 Å². The number of aromatic nitrogens is 2. The summed E-state index contributed by atoms with van der Waals surface area (Å²) in [6.07, 6.45) is 6.98. The minimum atomic E-state index is -0.483. The second kappa shape index (κ2) is 15.0. The molecule has 4 nitrogen and oxygen atoms in total. The van der Waals surface area contributed by atoms with Crippen LogP contribution in [0.3, 0.4) is 0 Å². The number of rotatable bonds is 2. The van der Waals surface area contributed by atoms with Crippen LogP contribution in [0.25, 0.3) is 0 Å². The summed E-state index contributed by atoms with van der Waals surface area (Å²) < 4.78 is 3.30. The molecule has 1 aliphatic carbocycles. The van der Waals surface area contributed by atoms with Crippen molar-refractivity contribution in [3.8, 4) is 0 Å². The summed E-state index contributed by atoms with van der Waals surface area (Å²) >= 11 is 23.0. The van der Waals surface area contributed by atoms with E-state index in [9.17, 15) is 0 Å². The molecule has 0 saturated carbocycles. The fourth-order valence-corrected chi connectivity index (χ4v) is 8.94. The summed E-state index contributed by atoms with van der Waals surface area (Å²) in [5, 5.41) is 1.26. The van der Waals surface area contributed by atoms with Gasteiger partial charge in [-0.15, -0.1) is 0 Å². The monoisotopic (exact) mass is 878 g/mol. The number of fused-ring (bicyclic) bond motifs is 2. The van der Waals surface area contributed by atoms with E-state index >= 15 is 0 Å². The molecule has 7 rings (SSSR count). The Morgan fingerprint density at radius 1 is 0.681 bits per heavy atom. The van der Waals surface area contributed by atoms with Crippen molar-refractivity contribution >= 4 is 70.5 Å². The third-order valence-corrected chi connectivity index (χ3v) is 11.2. The van der Waals surface area contributed by atoms with E-state index < -0.39 is 5.66 Å². The van der Waals surface area contributed by atoms with Crippen LogP contribution in [0.2, 0.25) is 10.0 Å². The molecule has 1 aliphatic heterocycles. The van der Waals surface area contributed by atoms with E-state index in [-0.39, 0.29) is 0 Å². The van der Waals surface area contributed by atoms with Crippen LogP contribution in [0, 0.1) is 41.5 Å². The van der Waals surface area contributed by atoms with Gasteiger partial charge in [-0.05, 0) is 56.1 Å². The Kier molecular flexibility index (Phi) is 11.5. The quantitative estimate of drug-likeness (QED) is 0.165. The van der Waals surface area contributed by atoms with E-state index in [4.69, 9.17) is 23.2 Å². The Morgan fingerprint density at radius 3 is 1.45 bits per heavy atom. The predicted molar refractivity (Wildman–Crippen MR) is 202 cm³/mol. The summed E-state index contributed by atoms with van der Waals surface area (Å²) in [4.78, 5) is 12.8. The molecule has 0 radical (unpaired) electrons. The number of aryl methyl sites for hydroxylation is 6. The maximum absolute atomic E-state index is 6.98. The molecule has 2 aromatic heterocycles. The van der Waals surface area contributed by atoms with Gasteiger partial charge in [0.2, 0.25) is 0 Å². The zero-order chi connectivity index (χ0) is 34.0. The van der Waals surface area contributed by atoms with Crippen LogP contribution >= 0.6 is 55.1 Å². The Labute approximate surface area is 315 Å². The van der Waals surface area contributed by atoms with E-state index in [1.165, 1.54) is 54.4 Å². The number of nitrogens with zero attached hydrogens (tertiary/aromatic N) is 4. The van der Waals surface area contributed by atoms with Gasteiger partial charge in [0, 0.05) is 33.7 Å². The number of hydrogen-bond acceptors (Lipinski definition) is 4. The van der Waals surface area contributed by atoms with E-state index in [0.29, 0.717) is 10.0 Å². The average molecular weight is 881 g/mol. The van der Waals surface area contributed by atoms with Gasteiger partial charge in [-0.2, -0.15) is 0 Å². The van der Waals surface area contributed by atoms with Crippen LogP contribution < -0.4 is 9.80 Å². The Morgan fingerprint density at radius 2 is 1.11 bits per heavy atom. The molecule has 244 valence electrons. The third kappa shape index (κ3) is 7.03. The van der Waals surface area contributed by atoms with E-state index in [1.54, 1.807) is 24.8 Å². The molecule has 3 heterocycles. The number of pyridine rings is 2. The molecule has 1 fully saturated rings. The van der Waals surface area contributed by atoms with Crippen LogP contribution in [0.1, 0.15) is 44.5 Å². The first kappa shape index (κ1) is 35.9. The SMILES string of the molecule is Brc1cccnc1.Brc1cccnc1.Cc1cc(C)c(N2CCN(c3c(C)cc(C)cc3C)C23[C](=[Ru])c2ccc(Cl)c(Cl)c23)c(C)c1. The van der Waals surface area contributed by atoms with Crippen molar-refractivity contribution in [2.45, 2.75) is 47.2 Å². The summed E-state index contributed by atoms with van der Waals surface area (Å²) in [6.45, 7) is 15.0. The first-order valence-corrected chi connectivity index (χ1v) is 18.4. The molecule has 0 unspecified atom stereocenters. The molecule has 3 aromatic carbocycles. The molecule has 9 heteroatoms. The standard InChI is InChI=1S/C28H28Cl2N2.2C5H4BrN.Ru/c1-16-11-18(3)26(19(4)12-16)31-9-10-32(27-20(5)13-17(2)14-21(27)6)28(31)15-22-7-8-23(29)25(30)24(22)28;2*6-5-2-1-3-7-4-5;/h7-8,11-14H,9-10H2,1-6H3;2*1-4H;. The molecule has 47 heavy (non-hydrogen) atoms. The second-order valence-corrected chi connectivity index (χ2v) is 15.4. The summed E-state index contributed by atoms with van der Waals surface area (Å²) in [5.41, 5.74) is 12.1. The van der Waals surface area contributed by atoms with Gasteiger partial charge in [0.05, 0.1) is 0 Å².